The lowest BCUT2D eigenvalue weighted by Gasteiger charge is -2.14. The topological polar surface area (TPSA) is 58.2 Å². The van der Waals surface area contributed by atoms with E-state index in [1.54, 1.807) is 13.2 Å². The monoisotopic (exact) mass is 290 g/mol. The van der Waals surface area contributed by atoms with Crippen LogP contribution in [0.25, 0.3) is 0 Å². The number of carbonyl (C=O) groups is 1. The molecule has 2 N–H and O–H groups in total. The van der Waals surface area contributed by atoms with Crippen molar-refractivity contribution in [2.75, 3.05) is 17.3 Å². The zero-order valence-corrected chi connectivity index (χ0v) is 11.5. The lowest BCUT2D eigenvalue weighted by atomic mass is 10.2. The highest BCUT2D eigenvalue weighted by atomic mass is 32.2. The molecule has 0 radical (unpaired) electrons. The summed E-state index contributed by atoms with van der Waals surface area (Å²) in [6.07, 6.45) is 2.14. The number of nitrogens with one attached hydrogen (secondary N) is 2. The Hall–Kier alpha value is -1.50. The van der Waals surface area contributed by atoms with E-state index in [1.165, 1.54) is 0 Å². The van der Waals surface area contributed by atoms with Gasteiger partial charge in [0.25, 0.3) is 0 Å². The SMILES string of the molecule is CC(CCS(C)=O)NC(=O)Nc1ccc(F)cc1F. The number of amides is 2. The average Bonchev–Trinajstić information content (AvgIpc) is 2.30. The molecule has 19 heavy (non-hydrogen) atoms. The molecule has 0 aliphatic rings. The molecule has 0 aliphatic carbocycles. The lowest BCUT2D eigenvalue weighted by Crippen LogP contribution is -2.37. The molecular weight excluding hydrogens is 274 g/mol. The zero-order chi connectivity index (χ0) is 14.4. The van der Waals surface area contributed by atoms with Gasteiger partial charge in [0.2, 0.25) is 0 Å². The molecule has 0 fully saturated rings. The van der Waals surface area contributed by atoms with E-state index in [0.29, 0.717) is 18.2 Å². The molecule has 0 heterocycles. The second-order valence-corrected chi connectivity index (χ2v) is 5.74. The van der Waals surface area contributed by atoms with Crippen LogP contribution in [0.1, 0.15) is 13.3 Å². The maximum absolute atomic E-state index is 13.3. The van der Waals surface area contributed by atoms with Gasteiger partial charge in [-0.1, -0.05) is 0 Å². The van der Waals surface area contributed by atoms with Gasteiger partial charge in [0.15, 0.2) is 0 Å². The van der Waals surface area contributed by atoms with Crippen molar-refractivity contribution in [2.45, 2.75) is 19.4 Å². The fourth-order valence-corrected chi connectivity index (χ4v) is 2.07. The van der Waals surface area contributed by atoms with Gasteiger partial charge in [-0.25, -0.2) is 13.6 Å². The van der Waals surface area contributed by atoms with E-state index < -0.39 is 28.5 Å². The predicted molar refractivity (Wildman–Crippen MR) is 71.5 cm³/mol. The van der Waals surface area contributed by atoms with Gasteiger partial charge in [0.05, 0.1) is 5.69 Å². The molecule has 0 spiro atoms. The van der Waals surface area contributed by atoms with Crippen molar-refractivity contribution in [3.8, 4) is 0 Å². The Morgan fingerprint density at radius 3 is 2.68 bits per heavy atom. The summed E-state index contributed by atoms with van der Waals surface area (Å²) >= 11 is 0. The third kappa shape index (κ3) is 5.78. The Morgan fingerprint density at radius 2 is 2.11 bits per heavy atom. The van der Waals surface area contributed by atoms with Crippen molar-refractivity contribution in [2.24, 2.45) is 0 Å². The van der Waals surface area contributed by atoms with Gasteiger partial charge < -0.3 is 10.6 Å². The van der Waals surface area contributed by atoms with E-state index in [1.807, 2.05) is 0 Å². The van der Waals surface area contributed by atoms with E-state index in [0.717, 1.165) is 12.1 Å². The van der Waals surface area contributed by atoms with E-state index in [4.69, 9.17) is 0 Å². The Balaban J connectivity index is 2.48. The molecule has 0 bridgehead atoms. The minimum atomic E-state index is -0.919. The van der Waals surface area contributed by atoms with Crippen LogP contribution in [0.3, 0.4) is 0 Å². The minimum Gasteiger partial charge on any atom is -0.335 e. The lowest BCUT2D eigenvalue weighted by molar-refractivity contribution is 0.249. The average molecular weight is 290 g/mol. The first-order valence-electron chi connectivity index (χ1n) is 5.71. The fourth-order valence-electron chi connectivity index (χ4n) is 1.39. The van der Waals surface area contributed by atoms with Crippen molar-refractivity contribution in [3.05, 3.63) is 29.8 Å². The standard InChI is InChI=1S/C12H16F2N2O2S/c1-8(5-6-19(2)18)15-12(17)16-11-4-3-9(13)7-10(11)14/h3-4,7-8H,5-6H2,1-2H3,(H2,15,16,17). The summed E-state index contributed by atoms with van der Waals surface area (Å²) in [6.45, 7) is 1.76. The summed E-state index contributed by atoms with van der Waals surface area (Å²) in [5.41, 5.74) is -0.0924. The highest BCUT2D eigenvalue weighted by Crippen LogP contribution is 2.14. The number of hydrogen-bond donors (Lipinski definition) is 2. The van der Waals surface area contributed by atoms with E-state index in [2.05, 4.69) is 10.6 Å². The summed E-state index contributed by atoms with van der Waals surface area (Å²) in [5.74, 6) is -1.06. The van der Waals surface area contributed by atoms with Crippen LogP contribution in [0.4, 0.5) is 19.3 Å². The Morgan fingerprint density at radius 1 is 1.42 bits per heavy atom. The van der Waals surface area contributed by atoms with Crippen LogP contribution in [-0.2, 0) is 10.8 Å². The van der Waals surface area contributed by atoms with Crippen LogP contribution in [0.15, 0.2) is 18.2 Å². The van der Waals surface area contributed by atoms with Gasteiger partial charge in [-0.2, -0.15) is 0 Å². The first-order valence-corrected chi connectivity index (χ1v) is 7.44. The van der Waals surface area contributed by atoms with E-state index in [-0.39, 0.29) is 11.7 Å². The summed E-state index contributed by atoms with van der Waals surface area (Å²) in [7, 11) is -0.919. The second kappa shape index (κ2) is 7.18. The molecule has 0 saturated heterocycles. The smallest absolute Gasteiger partial charge is 0.319 e. The van der Waals surface area contributed by atoms with Gasteiger partial charge in [0.1, 0.15) is 11.6 Å². The maximum atomic E-state index is 13.3. The fraction of sp³-hybridized carbons (Fsp3) is 0.417. The number of benzene rings is 1. The van der Waals surface area contributed by atoms with Crippen molar-refractivity contribution in [3.63, 3.8) is 0 Å². The summed E-state index contributed by atoms with van der Waals surface area (Å²) < 4.78 is 36.9. The van der Waals surface area contributed by atoms with Crippen LogP contribution < -0.4 is 10.6 Å². The van der Waals surface area contributed by atoms with Gasteiger partial charge in [0, 0.05) is 34.9 Å². The Bertz CT molecular complexity index is 483. The van der Waals surface area contributed by atoms with Gasteiger partial charge >= 0.3 is 6.03 Å². The number of anilines is 1. The van der Waals surface area contributed by atoms with E-state index >= 15 is 0 Å². The molecule has 2 amide bonds. The summed E-state index contributed by atoms with van der Waals surface area (Å²) in [6, 6.07) is 2.13. The molecule has 1 rings (SSSR count). The first-order chi connectivity index (χ1) is 8.88. The Labute approximate surface area is 113 Å². The molecular formula is C12H16F2N2O2S. The van der Waals surface area contributed by atoms with Gasteiger partial charge in [-0.15, -0.1) is 0 Å². The number of hydrogen-bond acceptors (Lipinski definition) is 2. The van der Waals surface area contributed by atoms with E-state index in [9.17, 15) is 17.8 Å². The molecule has 2 unspecified atom stereocenters. The third-order valence-corrected chi connectivity index (χ3v) is 3.21. The van der Waals surface area contributed by atoms with Crippen molar-refractivity contribution >= 4 is 22.5 Å². The number of halogens is 2. The highest BCUT2D eigenvalue weighted by Gasteiger charge is 2.10. The third-order valence-electron chi connectivity index (χ3n) is 2.40. The second-order valence-electron chi connectivity index (χ2n) is 4.19. The largest absolute Gasteiger partial charge is 0.335 e. The van der Waals surface area contributed by atoms with Crippen molar-refractivity contribution in [1.29, 1.82) is 0 Å². The van der Waals surface area contributed by atoms with Crippen molar-refractivity contribution in [1.82, 2.24) is 5.32 Å². The number of urea groups is 1. The molecule has 0 saturated carbocycles. The Kier molecular flexibility index (Phi) is 5.88. The molecule has 2 atom stereocenters. The predicted octanol–water partition coefficient (Wildman–Crippen LogP) is 2.24. The minimum absolute atomic E-state index is 0.0924. The first kappa shape index (κ1) is 15.6. The van der Waals surface area contributed by atoms with Crippen LogP contribution in [0.2, 0.25) is 0 Å². The van der Waals surface area contributed by atoms with Crippen molar-refractivity contribution < 1.29 is 17.8 Å². The van der Waals surface area contributed by atoms with Crippen LogP contribution in [-0.4, -0.2) is 28.3 Å². The summed E-state index contributed by atoms with van der Waals surface area (Å²) in [5, 5.41) is 4.87. The summed E-state index contributed by atoms with van der Waals surface area (Å²) in [4.78, 5) is 11.5. The molecule has 1 aromatic carbocycles. The zero-order valence-electron chi connectivity index (χ0n) is 10.7. The molecule has 106 valence electrons. The van der Waals surface area contributed by atoms with Crippen LogP contribution >= 0.6 is 0 Å². The molecule has 7 heteroatoms. The van der Waals surface area contributed by atoms with Gasteiger partial charge in [-0.3, -0.25) is 4.21 Å². The number of rotatable bonds is 5. The maximum Gasteiger partial charge on any atom is 0.319 e. The molecule has 1 aromatic rings. The van der Waals surface area contributed by atoms with Crippen LogP contribution in [0, 0.1) is 11.6 Å². The molecule has 0 aromatic heterocycles. The van der Waals surface area contributed by atoms with Crippen LogP contribution in [0.5, 0.6) is 0 Å². The highest BCUT2D eigenvalue weighted by molar-refractivity contribution is 7.84. The number of carbonyl (C=O) groups excluding carboxylic acids is 1. The normalized spacial score (nSPS) is 13.7. The quantitative estimate of drug-likeness (QED) is 0.874. The van der Waals surface area contributed by atoms with Gasteiger partial charge in [-0.05, 0) is 25.5 Å². The molecule has 4 nitrogen and oxygen atoms in total. The molecule has 0 aliphatic heterocycles.